The van der Waals surface area contributed by atoms with Crippen molar-refractivity contribution in [2.24, 2.45) is 0 Å². The van der Waals surface area contributed by atoms with Gasteiger partial charge in [-0.25, -0.2) is 0 Å². The number of nitrogens with one attached hydrogen (secondary N) is 1. The Morgan fingerprint density at radius 2 is 1.67 bits per heavy atom. The summed E-state index contributed by atoms with van der Waals surface area (Å²) in [4.78, 5) is 11.9. The number of carbonyl (C=O) groups excluding carboxylic acids is 1. The van der Waals surface area contributed by atoms with Gasteiger partial charge in [0.25, 0.3) is 5.91 Å². The number of carbonyl (C=O) groups is 1. The molecule has 2 aromatic carbocycles. The number of amides is 1. The third kappa shape index (κ3) is 5.57. The monoisotopic (exact) mass is 391 g/mol. The van der Waals surface area contributed by atoms with Crippen molar-refractivity contribution >= 4 is 21.8 Å². The van der Waals surface area contributed by atoms with E-state index < -0.39 is 0 Å². The molecule has 0 bridgehead atoms. The lowest BCUT2D eigenvalue weighted by atomic mass is 10.1. The first-order valence-electron chi connectivity index (χ1n) is 7.81. The van der Waals surface area contributed by atoms with E-state index in [-0.39, 0.29) is 12.5 Å². The molecule has 24 heavy (non-hydrogen) atoms. The van der Waals surface area contributed by atoms with Crippen molar-refractivity contribution < 1.29 is 14.3 Å². The van der Waals surface area contributed by atoms with Crippen LogP contribution in [0.3, 0.4) is 0 Å². The minimum absolute atomic E-state index is 0.00611. The number of ether oxygens (including phenoxy) is 2. The van der Waals surface area contributed by atoms with E-state index in [1.807, 2.05) is 57.2 Å². The lowest BCUT2D eigenvalue weighted by molar-refractivity contribution is -0.123. The van der Waals surface area contributed by atoms with E-state index in [0.717, 1.165) is 27.1 Å². The molecule has 0 aromatic heterocycles. The summed E-state index contributed by atoms with van der Waals surface area (Å²) in [6.45, 7) is 6.80. The van der Waals surface area contributed by atoms with E-state index in [1.54, 1.807) is 0 Å². The average Bonchev–Trinajstić information content (AvgIpc) is 2.52. The van der Waals surface area contributed by atoms with Crippen LogP contribution in [-0.2, 0) is 4.79 Å². The summed E-state index contributed by atoms with van der Waals surface area (Å²) < 4.78 is 12.2. The van der Waals surface area contributed by atoms with E-state index in [0.29, 0.717) is 13.2 Å². The molecule has 0 radical (unpaired) electrons. The molecule has 1 N–H and O–H groups in total. The Kier molecular flexibility index (Phi) is 6.67. The molecule has 0 saturated carbocycles. The Labute approximate surface area is 151 Å². The first kappa shape index (κ1) is 18.3. The van der Waals surface area contributed by atoms with Gasteiger partial charge in [0.15, 0.2) is 6.61 Å². The zero-order valence-electron chi connectivity index (χ0n) is 14.2. The van der Waals surface area contributed by atoms with Crippen LogP contribution in [0.5, 0.6) is 11.5 Å². The molecular formula is C19H22BrNO3. The maximum absolute atomic E-state index is 11.9. The highest BCUT2D eigenvalue weighted by molar-refractivity contribution is 9.10. The summed E-state index contributed by atoms with van der Waals surface area (Å²) in [6.07, 6.45) is 0. The molecule has 2 aromatic rings. The van der Waals surface area contributed by atoms with E-state index in [1.165, 1.54) is 5.56 Å². The summed E-state index contributed by atoms with van der Waals surface area (Å²) in [5.41, 5.74) is 3.18. The highest BCUT2D eigenvalue weighted by Crippen LogP contribution is 2.27. The van der Waals surface area contributed by atoms with Crippen molar-refractivity contribution in [1.29, 1.82) is 0 Å². The Morgan fingerprint density at radius 3 is 2.29 bits per heavy atom. The maximum Gasteiger partial charge on any atom is 0.258 e. The Balaban J connectivity index is 1.71. The number of hydrogen-bond donors (Lipinski definition) is 1. The van der Waals surface area contributed by atoms with Crippen LogP contribution >= 0.6 is 15.9 Å². The summed E-state index contributed by atoms with van der Waals surface area (Å²) in [7, 11) is 0. The Morgan fingerprint density at radius 1 is 1.04 bits per heavy atom. The molecular weight excluding hydrogens is 370 g/mol. The summed E-state index contributed by atoms with van der Waals surface area (Å²) in [6, 6.07) is 11.7. The van der Waals surface area contributed by atoms with Gasteiger partial charge in [0.05, 0.1) is 6.54 Å². The van der Waals surface area contributed by atoms with Crippen LogP contribution in [0.15, 0.2) is 40.9 Å². The highest BCUT2D eigenvalue weighted by Gasteiger charge is 2.08. The lowest BCUT2D eigenvalue weighted by Gasteiger charge is -2.13. The number of hydrogen-bond acceptors (Lipinski definition) is 3. The van der Waals surface area contributed by atoms with Crippen LogP contribution in [0.1, 0.15) is 16.7 Å². The quantitative estimate of drug-likeness (QED) is 0.726. The van der Waals surface area contributed by atoms with Gasteiger partial charge < -0.3 is 14.8 Å². The van der Waals surface area contributed by atoms with Crippen molar-refractivity contribution in [2.75, 3.05) is 19.8 Å². The van der Waals surface area contributed by atoms with Crippen LogP contribution in [0.2, 0.25) is 0 Å². The second-order valence-corrected chi connectivity index (χ2v) is 6.58. The van der Waals surface area contributed by atoms with Gasteiger partial charge in [-0.15, -0.1) is 0 Å². The molecule has 128 valence electrons. The largest absolute Gasteiger partial charge is 0.492 e. The number of halogens is 1. The first-order valence-corrected chi connectivity index (χ1v) is 8.60. The molecule has 0 atom stereocenters. The van der Waals surface area contributed by atoms with Gasteiger partial charge in [-0.1, -0.05) is 33.6 Å². The molecule has 0 spiro atoms. The van der Waals surface area contributed by atoms with Gasteiger partial charge in [-0.3, -0.25) is 4.79 Å². The zero-order valence-corrected chi connectivity index (χ0v) is 15.8. The topological polar surface area (TPSA) is 47.6 Å². The second-order valence-electron chi connectivity index (χ2n) is 5.67. The Bertz CT molecular complexity index is 675. The summed E-state index contributed by atoms with van der Waals surface area (Å²) >= 11 is 3.44. The van der Waals surface area contributed by atoms with Gasteiger partial charge in [0.1, 0.15) is 18.1 Å². The van der Waals surface area contributed by atoms with Crippen LogP contribution in [0.25, 0.3) is 0 Å². The standard InChI is InChI=1S/C19H22BrNO3/c1-13-4-6-17(7-5-13)23-9-8-21-18(22)12-24-19-14(2)10-16(20)11-15(19)3/h4-7,10-11H,8-9,12H2,1-3H3,(H,21,22). The van der Waals surface area contributed by atoms with Crippen molar-refractivity contribution in [1.82, 2.24) is 5.32 Å². The number of rotatable bonds is 7. The second kappa shape index (κ2) is 8.73. The van der Waals surface area contributed by atoms with E-state index in [9.17, 15) is 4.79 Å². The molecule has 0 aliphatic carbocycles. The molecule has 0 aliphatic heterocycles. The fourth-order valence-electron chi connectivity index (χ4n) is 2.31. The maximum atomic E-state index is 11.9. The molecule has 0 aliphatic rings. The van der Waals surface area contributed by atoms with Crippen LogP contribution in [0.4, 0.5) is 0 Å². The van der Waals surface area contributed by atoms with E-state index >= 15 is 0 Å². The molecule has 0 fully saturated rings. The minimum atomic E-state index is -0.163. The summed E-state index contributed by atoms with van der Waals surface area (Å²) in [5.74, 6) is 1.39. The van der Waals surface area contributed by atoms with Crippen LogP contribution < -0.4 is 14.8 Å². The predicted molar refractivity (Wildman–Crippen MR) is 98.8 cm³/mol. The van der Waals surface area contributed by atoms with E-state index in [4.69, 9.17) is 9.47 Å². The fourth-order valence-corrected chi connectivity index (χ4v) is 2.99. The van der Waals surface area contributed by atoms with Gasteiger partial charge in [-0.05, 0) is 56.2 Å². The van der Waals surface area contributed by atoms with E-state index in [2.05, 4.69) is 21.2 Å². The molecule has 0 unspecified atom stereocenters. The van der Waals surface area contributed by atoms with Gasteiger partial charge in [0, 0.05) is 4.47 Å². The molecule has 0 heterocycles. The van der Waals surface area contributed by atoms with Crippen LogP contribution in [0, 0.1) is 20.8 Å². The third-order valence-electron chi connectivity index (χ3n) is 3.49. The van der Waals surface area contributed by atoms with Crippen molar-refractivity contribution in [3.05, 3.63) is 57.6 Å². The van der Waals surface area contributed by atoms with Crippen LogP contribution in [-0.4, -0.2) is 25.7 Å². The predicted octanol–water partition coefficient (Wildman–Crippen LogP) is 3.95. The fraction of sp³-hybridized carbons (Fsp3) is 0.316. The highest BCUT2D eigenvalue weighted by atomic mass is 79.9. The summed E-state index contributed by atoms with van der Waals surface area (Å²) in [5, 5.41) is 2.79. The minimum Gasteiger partial charge on any atom is -0.492 e. The molecule has 4 nitrogen and oxygen atoms in total. The number of aryl methyl sites for hydroxylation is 3. The van der Waals surface area contributed by atoms with Crippen molar-refractivity contribution in [2.45, 2.75) is 20.8 Å². The van der Waals surface area contributed by atoms with Gasteiger partial charge in [-0.2, -0.15) is 0 Å². The smallest absolute Gasteiger partial charge is 0.258 e. The normalized spacial score (nSPS) is 10.3. The number of benzene rings is 2. The Hall–Kier alpha value is -2.01. The zero-order chi connectivity index (χ0) is 17.5. The average molecular weight is 392 g/mol. The SMILES string of the molecule is Cc1ccc(OCCNC(=O)COc2c(C)cc(Br)cc2C)cc1. The first-order chi connectivity index (χ1) is 11.5. The van der Waals surface area contributed by atoms with Crippen molar-refractivity contribution in [3.63, 3.8) is 0 Å². The third-order valence-corrected chi connectivity index (χ3v) is 3.94. The molecule has 2 rings (SSSR count). The molecule has 0 saturated heterocycles. The lowest BCUT2D eigenvalue weighted by Crippen LogP contribution is -2.32. The van der Waals surface area contributed by atoms with Gasteiger partial charge in [0.2, 0.25) is 0 Å². The molecule has 5 heteroatoms. The van der Waals surface area contributed by atoms with Gasteiger partial charge >= 0.3 is 0 Å². The van der Waals surface area contributed by atoms with Crippen molar-refractivity contribution in [3.8, 4) is 11.5 Å². The molecule has 1 amide bonds.